The van der Waals surface area contributed by atoms with Gasteiger partial charge in [-0.3, -0.25) is 9.59 Å². The van der Waals surface area contributed by atoms with Crippen molar-refractivity contribution in [3.63, 3.8) is 0 Å². The summed E-state index contributed by atoms with van der Waals surface area (Å²) in [7, 11) is 0. The lowest BCUT2D eigenvalue weighted by Crippen LogP contribution is -2.17. The number of nitrogens with zero attached hydrogens (tertiary/aromatic N) is 2. The molecular formula is C17H19N3O3. The zero-order chi connectivity index (χ0) is 17.0. The van der Waals surface area contributed by atoms with Crippen LogP contribution in [0, 0.1) is 6.92 Å². The van der Waals surface area contributed by atoms with E-state index in [9.17, 15) is 9.59 Å². The molecule has 0 saturated carbocycles. The van der Waals surface area contributed by atoms with Crippen molar-refractivity contribution in [3.05, 3.63) is 53.1 Å². The molecule has 6 nitrogen and oxygen atoms in total. The van der Waals surface area contributed by atoms with E-state index in [1.807, 2.05) is 13.8 Å². The van der Waals surface area contributed by atoms with E-state index in [-0.39, 0.29) is 18.2 Å². The normalized spacial score (nSPS) is 10.6. The number of carboxylic acid groups (broad SMARTS) is 1. The minimum atomic E-state index is -0.889. The average Bonchev–Trinajstić information content (AvgIpc) is 2.48. The maximum Gasteiger partial charge on any atom is 0.307 e. The first kappa shape index (κ1) is 16.6. The molecule has 0 saturated heterocycles. The molecule has 2 aromatic rings. The third-order valence-corrected chi connectivity index (χ3v) is 3.30. The maximum atomic E-state index is 12.4. The molecule has 2 N–H and O–H groups in total. The number of hydrogen-bond acceptors (Lipinski definition) is 4. The predicted molar refractivity (Wildman–Crippen MR) is 86.6 cm³/mol. The molecular weight excluding hydrogens is 294 g/mol. The molecule has 1 aromatic heterocycles. The highest BCUT2D eigenvalue weighted by Crippen LogP contribution is 2.18. The molecule has 2 rings (SSSR count). The molecule has 0 radical (unpaired) electrons. The second-order valence-electron chi connectivity index (χ2n) is 5.59. The van der Waals surface area contributed by atoms with Gasteiger partial charge in [0.2, 0.25) is 0 Å². The van der Waals surface area contributed by atoms with Gasteiger partial charge >= 0.3 is 5.97 Å². The Bertz CT molecular complexity index is 724. The first-order valence-electron chi connectivity index (χ1n) is 7.32. The van der Waals surface area contributed by atoms with Crippen molar-refractivity contribution in [3.8, 4) is 0 Å². The van der Waals surface area contributed by atoms with Gasteiger partial charge < -0.3 is 10.4 Å². The summed E-state index contributed by atoms with van der Waals surface area (Å²) in [6.45, 7) is 5.73. The molecule has 1 aromatic carbocycles. The fourth-order valence-electron chi connectivity index (χ4n) is 2.18. The highest BCUT2D eigenvalue weighted by atomic mass is 16.4. The number of aryl methyl sites for hydroxylation is 1. The predicted octanol–water partition coefficient (Wildman–Crippen LogP) is 2.79. The van der Waals surface area contributed by atoms with Crippen molar-refractivity contribution in [1.29, 1.82) is 0 Å². The van der Waals surface area contributed by atoms with Crippen LogP contribution in [0.1, 0.15) is 47.2 Å². The number of rotatable bonds is 5. The van der Waals surface area contributed by atoms with Gasteiger partial charge in [0.15, 0.2) is 0 Å². The van der Waals surface area contributed by atoms with Gasteiger partial charge in [0.1, 0.15) is 5.82 Å². The van der Waals surface area contributed by atoms with Crippen LogP contribution in [0.15, 0.2) is 30.5 Å². The van der Waals surface area contributed by atoms with Crippen molar-refractivity contribution < 1.29 is 14.7 Å². The Morgan fingerprint density at radius 3 is 2.43 bits per heavy atom. The number of carboxylic acids is 1. The molecule has 1 heterocycles. The SMILES string of the molecule is Cc1ncc(C(=O)Nc2ccc(CC(=O)O)cc2)c(C(C)C)n1. The summed E-state index contributed by atoms with van der Waals surface area (Å²) in [5, 5.41) is 11.5. The van der Waals surface area contributed by atoms with E-state index < -0.39 is 5.97 Å². The van der Waals surface area contributed by atoms with E-state index in [1.54, 1.807) is 31.2 Å². The molecule has 0 aliphatic carbocycles. The summed E-state index contributed by atoms with van der Waals surface area (Å²) in [6.07, 6.45) is 1.49. The van der Waals surface area contributed by atoms with Crippen LogP contribution in [-0.4, -0.2) is 27.0 Å². The molecule has 0 unspecified atom stereocenters. The number of benzene rings is 1. The van der Waals surface area contributed by atoms with E-state index in [0.29, 0.717) is 28.3 Å². The highest BCUT2D eigenvalue weighted by molar-refractivity contribution is 6.04. The van der Waals surface area contributed by atoms with E-state index >= 15 is 0 Å². The lowest BCUT2D eigenvalue weighted by Gasteiger charge is -2.12. The number of anilines is 1. The molecule has 120 valence electrons. The van der Waals surface area contributed by atoms with Crippen molar-refractivity contribution in [1.82, 2.24) is 9.97 Å². The first-order chi connectivity index (χ1) is 10.9. The van der Waals surface area contributed by atoms with Crippen molar-refractivity contribution in [2.45, 2.75) is 33.1 Å². The highest BCUT2D eigenvalue weighted by Gasteiger charge is 2.16. The fourth-order valence-corrected chi connectivity index (χ4v) is 2.18. The van der Waals surface area contributed by atoms with Crippen molar-refractivity contribution >= 4 is 17.6 Å². The second kappa shape index (κ2) is 7.00. The Hall–Kier alpha value is -2.76. The van der Waals surface area contributed by atoms with Crippen molar-refractivity contribution in [2.75, 3.05) is 5.32 Å². The number of aliphatic carboxylic acids is 1. The van der Waals surface area contributed by atoms with Gasteiger partial charge in [0, 0.05) is 11.9 Å². The number of carbonyl (C=O) groups excluding carboxylic acids is 1. The van der Waals surface area contributed by atoms with Gasteiger partial charge in [-0.25, -0.2) is 9.97 Å². The van der Waals surface area contributed by atoms with Crippen molar-refractivity contribution in [2.24, 2.45) is 0 Å². The van der Waals surface area contributed by atoms with Crippen LogP contribution in [0.5, 0.6) is 0 Å². The zero-order valence-electron chi connectivity index (χ0n) is 13.3. The third kappa shape index (κ3) is 4.35. The Balaban J connectivity index is 2.17. The van der Waals surface area contributed by atoms with Gasteiger partial charge in [0.05, 0.1) is 17.7 Å². The first-order valence-corrected chi connectivity index (χ1v) is 7.32. The summed E-state index contributed by atoms with van der Waals surface area (Å²) in [6, 6.07) is 6.72. The number of nitrogens with one attached hydrogen (secondary N) is 1. The third-order valence-electron chi connectivity index (χ3n) is 3.30. The van der Waals surface area contributed by atoms with E-state index in [1.165, 1.54) is 6.20 Å². The standard InChI is InChI=1S/C17H19N3O3/c1-10(2)16-14(9-18-11(3)19-16)17(23)20-13-6-4-12(5-7-13)8-15(21)22/h4-7,9-10H,8H2,1-3H3,(H,20,23)(H,21,22). The Morgan fingerprint density at radius 1 is 1.22 bits per heavy atom. The summed E-state index contributed by atoms with van der Waals surface area (Å²) in [4.78, 5) is 31.5. The Kier molecular flexibility index (Phi) is 5.05. The fraction of sp³-hybridized carbons (Fsp3) is 0.294. The van der Waals surface area contributed by atoms with Crippen LogP contribution in [0.25, 0.3) is 0 Å². The monoisotopic (exact) mass is 313 g/mol. The molecule has 0 aliphatic heterocycles. The molecule has 0 bridgehead atoms. The maximum absolute atomic E-state index is 12.4. The van der Waals surface area contributed by atoms with Crippen LogP contribution in [0.4, 0.5) is 5.69 Å². The largest absolute Gasteiger partial charge is 0.481 e. The average molecular weight is 313 g/mol. The van der Waals surface area contributed by atoms with Gasteiger partial charge in [-0.05, 0) is 30.5 Å². The molecule has 0 fully saturated rings. The number of aromatic nitrogens is 2. The van der Waals surface area contributed by atoms with E-state index in [0.717, 1.165) is 0 Å². The summed E-state index contributed by atoms with van der Waals surface area (Å²) in [5.41, 5.74) is 2.43. The van der Waals surface area contributed by atoms with Gasteiger partial charge in [-0.1, -0.05) is 26.0 Å². The molecule has 0 atom stereocenters. The lowest BCUT2D eigenvalue weighted by molar-refractivity contribution is -0.136. The minimum absolute atomic E-state index is 0.0441. The van der Waals surface area contributed by atoms with E-state index in [4.69, 9.17) is 5.11 Å². The quantitative estimate of drug-likeness (QED) is 0.885. The zero-order valence-corrected chi connectivity index (χ0v) is 13.3. The molecule has 23 heavy (non-hydrogen) atoms. The molecule has 0 spiro atoms. The minimum Gasteiger partial charge on any atom is -0.481 e. The summed E-state index contributed by atoms with van der Waals surface area (Å²) in [5.74, 6) is -0.432. The Labute approximate surface area is 134 Å². The number of hydrogen-bond donors (Lipinski definition) is 2. The number of amides is 1. The smallest absolute Gasteiger partial charge is 0.307 e. The van der Waals surface area contributed by atoms with Gasteiger partial charge in [0.25, 0.3) is 5.91 Å². The van der Waals surface area contributed by atoms with Crippen LogP contribution >= 0.6 is 0 Å². The number of carbonyl (C=O) groups is 2. The lowest BCUT2D eigenvalue weighted by atomic mass is 10.0. The molecule has 6 heteroatoms. The van der Waals surface area contributed by atoms with Gasteiger partial charge in [-0.2, -0.15) is 0 Å². The summed E-state index contributed by atoms with van der Waals surface area (Å²) < 4.78 is 0. The summed E-state index contributed by atoms with van der Waals surface area (Å²) >= 11 is 0. The van der Waals surface area contributed by atoms with Crippen LogP contribution < -0.4 is 5.32 Å². The Morgan fingerprint density at radius 2 is 1.87 bits per heavy atom. The topological polar surface area (TPSA) is 92.2 Å². The van der Waals surface area contributed by atoms with Crippen LogP contribution in [0.3, 0.4) is 0 Å². The molecule has 0 aliphatic rings. The second-order valence-corrected chi connectivity index (χ2v) is 5.59. The van der Waals surface area contributed by atoms with Gasteiger partial charge in [-0.15, -0.1) is 0 Å². The molecule has 1 amide bonds. The van der Waals surface area contributed by atoms with Crippen LogP contribution in [0.2, 0.25) is 0 Å². The van der Waals surface area contributed by atoms with Crippen LogP contribution in [-0.2, 0) is 11.2 Å². The van der Waals surface area contributed by atoms with E-state index in [2.05, 4.69) is 15.3 Å².